The van der Waals surface area contributed by atoms with E-state index in [1.165, 1.54) is 0 Å². The molecule has 2 unspecified atom stereocenters. The van der Waals surface area contributed by atoms with Crippen molar-refractivity contribution in [3.63, 3.8) is 0 Å². The average molecular weight is 298 g/mol. The molecule has 0 aliphatic carbocycles. The largest absolute Gasteiger partial charge is 0.462 e. The van der Waals surface area contributed by atoms with Crippen molar-refractivity contribution in [1.29, 1.82) is 0 Å². The zero-order valence-electron chi connectivity index (χ0n) is 12.1. The maximum Gasteiger partial charge on any atom is 0.338 e. The second-order valence-corrected chi connectivity index (χ2v) is 6.35. The highest BCUT2D eigenvalue weighted by atomic mass is 32.2. The number of nitrogens with two attached hydrogens (primary N) is 1. The Morgan fingerprint density at radius 1 is 1.50 bits per heavy atom. The van der Waals surface area contributed by atoms with Crippen molar-refractivity contribution < 1.29 is 13.7 Å². The van der Waals surface area contributed by atoms with Crippen LogP contribution in [0.5, 0.6) is 0 Å². The molecular formula is C14H22N2O3S. The third kappa shape index (κ3) is 4.85. The van der Waals surface area contributed by atoms with Crippen LogP contribution >= 0.6 is 0 Å². The minimum absolute atomic E-state index is 0.122. The summed E-state index contributed by atoms with van der Waals surface area (Å²) in [5.74, 6) is -0.362. The fraction of sp³-hybridized carbons (Fsp3) is 0.500. The molecular weight excluding hydrogens is 276 g/mol. The van der Waals surface area contributed by atoms with Gasteiger partial charge in [-0.25, -0.2) is 4.79 Å². The molecule has 0 aromatic heterocycles. The second kappa shape index (κ2) is 7.89. The molecule has 0 aliphatic heterocycles. The van der Waals surface area contributed by atoms with Crippen LogP contribution in [0.4, 0.5) is 11.4 Å². The van der Waals surface area contributed by atoms with Crippen molar-refractivity contribution in [3.8, 4) is 0 Å². The van der Waals surface area contributed by atoms with Crippen LogP contribution in [0.25, 0.3) is 0 Å². The van der Waals surface area contributed by atoms with Gasteiger partial charge < -0.3 is 15.8 Å². The van der Waals surface area contributed by atoms with E-state index in [4.69, 9.17) is 10.5 Å². The van der Waals surface area contributed by atoms with Gasteiger partial charge in [-0.15, -0.1) is 0 Å². The topological polar surface area (TPSA) is 81.4 Å². The minimum Gasteiger partial charge on any atom is -0.462 e. The fourth-order valence-corrected chi connectivity index (χ4v) is 2.08. The van der Waals surface area contributed by atoms with Gasteiger partial charge in [0, 0.05) is 28.9 Å². The predicted molar refractivity (Wildman–Crippen MR) is 83.4 cm³/mol. The van der Waals surface area contributed by atoms with E-state index in [1.54, 1.807) is 31.4 Å². The van der Waals surface area contributed by atoms with Crippen LogP contribution in [0, 0.1) is 0 Å². The summed E-state index contributed by atoms with van der Waals surface area (Å²) < 4.78 is 16.2. The zero-order valence-corrected chi connectivity index (χ0v) is 13.0. The summed E-state index contributed by atoms with van der Waals surface area (Å²) in [5.41, 5.74) is 7.61. The number of esters is 1. The van der Waals surface area contributed by atoms with E-state index in [0.717, 1.165) is 6.42 Å². The standard InChI is InChI=1S/C14H22N2O3S/c1-4-19-14(17)11-5-6-12(15)13(9-11)16-8-7-10(2)20(3)18/h5-6,9-10,16H,4,7-8,15H2,1-3H3. The van der Waals surface area contributed by atoms with Crippen LogP contribution < -0.4 is 11.1 Å². The van der Waals surface area contributed by atoms with Crippen molar-refractivity contribution in [1.82, 2.24) is 0 Å². The predicted octanol–water partition coefficient (Wildman–Crippen LogP) is 2.01. The van der Waals surface area contributed by atoms with Crippen molar-refractivity contribution in [2.45, 2.75) is 25.5 Å². The third-order valence-electron chi connectivity index (χ3n) is 3.00. The van der Waals surface area contributed by atoms with Crippen LogP contribution in [0.15, 0.2) is 18.2 Å². The number of nitrogens with one attached hydrogen (secondary N) is 1. The molecule has 0 aliphatic rings. The molecule has 112 valence electrons. The molecule has 0 bridgehead atoms. The van der Waals surface area contributed by atoms with Gasteiger partial charge in [0.2, 0.25) is 0 Å². The second-order valence-electron chi connectivity index (χ2n) is 4.55. The molecule has 0 saturated heterocycles. The summed E-state index contributed by atoms with van der Waals surface area (Å²) in [6, 6.07) is 5.00. The van der Waals surface area contributed by atoms with Crippen molar-refractivity contribution in [2.24, 2.45) is 0 Å². The highest BCUT2D eigenvalue weighted by Crippen LogP contribution is 2.20. The zero-order chi connectivity index (χ0) is 15.1. The smallest absolute Gasteiger partial charge is 0.338 e. The molecule has 3 N–H and O–H groups in total. The molecule has 0 heterocycles. The molecule has 0 amide bonds. The van der Waals surface area contributed by atoms with E-state index >= 15 is 0 Å². The van der Waals surface area contributed by atoms with Gasteiger partial charge >= 0.3 is 5.97 Å². The quantitative estimate of drug-likeness (QED) is 0.594. The van der Waals surface area contributed by atoms with Crippen molar-refractivity contribution in [2.75, 3.05) is 30.5 Å². The van der Waals surface area contributed by atoms with Gasteiger partial charge in [0.05, 0.1) is 23.5 Å². The van der Waals surface area contributed by atoms with E-state index in [-0.39, 0.29) is 11.2 Å². The number of rotatable bonds is 7. The van der Waals surface area contributed by atoms with Crippen LogP contribution in [0.2, 0.25) is 0 Å². The number of hydrogen-bond acceptors (Lipinski definition) is 5. The summed E-state index contributed by atoms with van der Waals surface area (Å²) in [4.78, 5) is 11.6. The van der Waals surface area contributed by atoms with Gasteiger partial charge in [-0.3, -0.25) is 4.21 Å². The van der Waals surface area contributed by atoms with Gasteiger partial charge in [-0.2, -0.15) is 0 Å². The summed E-state index contributed by atoms with van der Waals surface area (Å²) in [6.07, 6.45) is 2.46. The van der Waals surface area contributed by atoms with E-state index in [9.17, 15) is 9.00 Å². The first-order chi connectivity index (χ1) is 9.45. The Bertz CT molecular complexity index is 491. The summed E-state index contributed by atoms with van der Waals surface area (Å²) in [7, 11) is -0.833. The van der Waals surface area contributed by atoms with E-state index in [0.29, 0.717) is 30.1 Å². The number of nitrogen functional groups attached to an aromatic ring is 1. The first-order valence-corrected chi connectivity index (χ1v) is 8.20. The number of benzene rings is 1. The molecule has 0 spiro atoms. The molecule has 20 heavy (non-hydrogen) atoms. The molecule has 2 atom stereocenters. The lowest BCUT2D eigenvalue weighted by Gasteiger charge is -2.13. The van der Waals surface area contributed by atoms with Gasteiger partial charge in [0.25, 0.3) is 0 Å². The van der Waals surface area contributed by atoms with Crippen LogP contribution in [-0.4, -0.2) is 34.8 Å². The molecule has 6 heteroatoms. The SMILES string of the molecule is CCOC(=O)c1ccc(N)c(NCCC(C)S(C)=O)c1. The van der Waals surface area contributed by atoms with Gasteiger partial charge in [0.1, 0.15) is 0 Å². The molecule has 0 radical (unpaired) electrons. The Morgan fingerprint density at radius 2 is 2.20 bits per heavy atom. The number of ether oxygens (including phenoxy) is 1. The molecule has 1 aromatic rings. The fourth-order valence-electron chi connectivity index (χ4n) is 1.63. The van der Waals surface area contributed by atoms with Gasteiger partial charge in [0.15, 0.2) is 0 Å². The Labute approximate surface area is 122 Å². The molecule has 0 fully saturated rings. The lowest BCUT2D eigenvalue weighted by atomic mass is 10.1. The number of hydrogen-bond donors (Lipinski definition) is 2. The maximum absolute atomic E-state index is 11.6. The Morgan fingerprint density at radius 3 is 2.80 bits per heavy atom. The van der Waals surface area contributed by atoms with Crippen molar-refractivity contribution >= 4 is 28.1 Å². The normalized spacial score (nSPS) is 13.6. The lowest BCUT2D eigenvalue weighted by molar-refractivity contribution is 0.0526. The first-order valence-electron chi connectivity index (χ1n) is 6.58. The van der Waals surface area contributed by atoms with Crippen LogP contribution in [0.1, 0.15) is 30.6 Å². The van der Waals surface area contributed by atoms with Crippen molar-refractivity contribution in [3.05, 3.63) is 23.8 Å². The number of carbonyl (C=O) groups excluding carboxylic acids is 1. The third-order valence-corrected chi connectivity index (χ3v) is 4.37. The maximum atomic E-state index is 11.6. The molecule has 5 nitrogen and oxygen atoms in total. The highest BCUT2D eigenvalue weighted by molar-refractivity contribution is 7.84. The molecule has 1 rings (SSSR count). The Kier molecular flexibility index (Phi) is 6.51. The van der Waals surface area contributed by atoms with Gasteiger partial charge in [-0.05, 0) is 31.5 Å². The summed E-state index contributed by atoms with van der Waals surface area (Å²) in [6.45, 7) is 4.69. The monoisotopic (exact) mass is 298 g/mol. The lowest BCUT2D eigenvalue weighted by Crippen LogP contribution is -2.15. The van der Waals surface area contributed by atoms with Gasteiger partial charge in [-0.1, -0.05) is 6.92 Å². The highest BCUT2D eigenvalue weighted by Gasteiger charge is 2.10. The minimum atomic E-state index is -0.833. The van der Waals surface area contributed by atoms with Crippen LogP contribution in [-0.2, 0) is 15.5 Å². The number of anilines is 2. The van der Waals surface area contributed by atoms with E-state index in [1.807, 2.05) is 6.92 Å². The first kappa shape index (κ1) is 16.5. The van der Waals surface area contributed by atoms with E-state index in [2.05, 4.69) is 5.32 Å². The average Bonchev–Trinajstić information content (AvgIpc) is 2.40. The number of carbonyl (C=O) groups is 1. The van der Waals surface area contributed by atoms with Crippen LogP contribution in [0.3, 0.4) is 0 Å². The summed E-state index contributed by atoms with van der Waals surface area (Å²) in [5, 5.41) is 3.29. The Hall–Kier alpha value is -1.56. The molecule has 1 aromatic carbocycles. The Balaban J connectivity index is 2.67. The summed E-state index contributed by atoms with van der Waals surface area (Å²) >= 11 is 0. The molecule has 0 saturated carbocycles. The van der Waals surface area contributed by atoms with E-state index < -0.39 is 10.8 Å².